The molecule has 0 unspecified atom stereocenters. The molecule has 0 aliphatic carbocycles. The van der Waals surface area contributed by atoms with Gasteiger partial charge in [-0.15, -0.1) is 0 Å². The number of amides is 1. The molecule has 7 heteroatoms. The number of aryl methyl sites for hydroxylation is 2. The minimum Gasteiger partial charge on any atom is -0.325 e. The molecule has 1 aliphatic rings. The summed E-state index contributed by atoms with van der Waals surface area (Å²) in [5, 5.41) is 4.22. The fourth-order valence-corrected chi connectivity index (χ4v) is 5.46. The van der Waals surface area contributed by atoms with Crippen LogP contribution in [-0.2, 0) is 13.0 Å². The van der Waals surface area contributed by atoms with Gasteiger partial charge in [-0.05, 0) is 85.0 Å². The molecule has 0 radical (unpaired) electrons. The number of hydrogen-bond donors (Lipinski definition) is 1. The zero-order chi connectivity index (χ0) is 24.8. The second kappa shape index (κ2) is 9.16. The third kappa shape index (κ3) is 3.98. The van der Waals surface area contributed by atoms with E-state index in [-0.39, 0.29) is 11.7 Å². The third-order valence-electron chi connectivity index (χ3n) is 6.70. The minimum absolute atomic E-state index is 0.230. The lowest BCUT2D eigenvalue weighted by Crippen LogP contribution is -2.15. The molecule has 5 aromatic rings. The van der Waals surface area contributed by atoms with Crippen molar-refractivity contribution in [3.63, 3.8) is 0 Å². The van der Waals surface area contributed by atoms with Crippen LogP contribution in [-0.4, -0.2) is 14.9 Å². The number of imidazole rings is 1. The van der Waals surface area contributed by atoms with Crippen LogP contribution in [0.1, 0.15) is 28.9 Å². The molecule has 180 valence electrons. The molecule has 4 nitrogen and oxygen atoms in total. The van der Waals surface area contributed by atoms with Gasteiger partial charge in [-0.3, -0.25) is 9.20 Å². The molecule has 36 heavy (non-hydrogen) atoms. The van der Waals surface area contributed by atoms with Gasteiger partial charge < -0.3 is 9.88 Å². The maximum Gasteiger partial charge on any atom is 0.273 e. The monoisotopic (exact) mass is 517 g/mol. The lowest BCUT2D eigenvalue weighted by molar-refractivity contribution is 0.102. The Balaban J connectivity index is 1.61. The van der Waals surface area contributed by atoms with Crippen LogP contribution >= 0.6 is 23.2 Å². The third-order valence-corrected chi connectivity index (χ3v) is 7.19. The first-order valence-electron chi connectivity index (χ1n) is 11.8. The summed E-state index contributed by atoms with van der Waals surface area (Å²) in [5.41, 5.74) is 6.98. The summed E-state index contributed by atoms with van der Waals surface area (Å²) < 4.78 is 17.9. The second-order valence-corrected chi connectivity index (χ2v) is 9.87. The maximum atomic E-state index is 13.9. The molecular weight excluding hydrogens is 496 g/mol. The highest BCUT2D eigenvalue weighted by atomic mass is 35.5. The van der Waals surface area contributed by atoms with E-state index in [4.69, 9.17) is 23.2 Å². The van der Waals surface area contributed by atoms with Gasteiger partial charge in [0.25, 0.3) is 5.91 Å². The van der Waals surface area contributed by atoms with Crippen molar-refractivity contribution in [2.45, 2.75) is 25.8 Å². The molecule has 0 bridgehead atoms. The van der Waals surface area contributed by atoms with Crippen molar-refractivity contribution >= 4 is 40.4 Å². The quantitative estimate of drug-likeness (QED) is 0.257. The summed E-state index contributed by atoms with van der Waals surface area (Å²) >= 11 is 12.4. The SMILES string of the molecule is O=C(Nc1cccc(Cl)c1)c1c(-c2ccc(Cl)cc2)c2c3n(c(-c4ccc(F)cc4)cn13)CCCC2. The van der Waals surface area contributed by atoms with Crippen molar-refractivity contribution < 1.29 is 9.18 Å². The maximum absolute atomic E-state index is 13.9. The first kappa shape index (κ1) is 22.9. The average Bonchev–Trinajstić information content (AvgIpc) is 3.28. The molecule has 3 heterocycles. The number of rotatable bonds is 4. The van der Waals surface area contributed by atoms with E-state index in [1.165, 1.54) is 12.1 Å². The topological polar surface area (TPSA) is 38.4 Å². The van der Waals surface area contributed by atoms with Gasteiger partial charge in [0, 0.05) is 39.6 Å². The highest BCUT2D eigenvalue weighted by molar-refractivity contribution is 6.31. The Labute approximate surface area is 217 Å². The zero-order valence-corrected chi connectivity index (χ0v) is 20.8. The molecule has 1 N–H and O–H groups in total. The number of carbonyl (C=O) groups excluding carboxylic acids is 1. The standard InChI is InChI=1S/C29H22Cl2FN3O/c30-20-11-7-19(8-12-20)26-24-6-1-2-15-34-25(18-9-13-22(32)14-10-18)17-35(29(24)34)27(26)28(36)33-23-5-3-4-21(31)16-23/h3-5,7-14,16-17H,1-2,6,15H2,(H,33,36). The van der Waals surface area contributed by atoms with Gasteiger partial charge in [0.15, 0.2) is 0 Å². The Hall–Kier alpha value is -3.54. The number of carbonyl (C=O) groups is 1. The van der Waals surface area contributed by atoms with Crippen LogP contribution in [0.2, 0.25) is 10.0 Å². The summed E-state index contributed by atoms with van der Waals surface area (Å²) in [6.07, 6.45) is 4.85. The van der Waals surface area contributed by atoms with E-state index in [2.05, 4.69) is 9.88 Å². The number of nitrogens with one attached hydrogen (secondary N) is 1. The summed E-state index contributed by atoms with van der Waals surface area (Å²) in [7, 11) is 0. The Morgan fingerprint density at radius 1 is 0.889 bits per heavy atom. The van der Waals surface area contributed by atoms with Crippen LogP contribution in [0.15, 0.2) is 79.0 Å². The number of nitrogens with zero attached hydrogens (tertiary/aromatic N) is 2. The van der Waals surface area contributed by atoms with E-state index in [1.54, 1.807) is 30.3 Å². The first-order chi connectivity index (χ1) is 17.5. The molecule has 0 saturated carbocycles. The van der Waals surface area contributed by atoms with Crippen LogP contribution in [0.4, 0.5) is 10.1 Å². The van der Waals surface area contributed by atoms with Crippen LogP contribution in [0.5, 0.6) is 0 Å². The highest BCUT2D eigenvalue weighted by Crippen LogP contribution is 2.40. The number of hydrogen-bond acceptors (Lipinski definition) is 1. The van der Waals surface area contributed by atoms with Crippen molar-refractivity contribution in [3.8, 4) is 22.4 Å². The number of anilines is 1. The van der Waals surface area contributed by atoms with Gasteiger partial charge in [-0.2, -0.15) is 0 Å². The Morgan fingerprint density at radius 3 is 2.39 bits per heavy atom. The second-order valence-electron chi connectivity index (χ2n) is 9.00. The average molecular weight is 518 g/mol. The molecule has 3 aromatic carbocycles. The van der Waals surface area contributed by atoms with Gasteiger partial charge >= 0.3 is 0 Å². The van der Waals surface area contributed by atoms with Gasteiger partial charge in [0.1, 0.15) is 17.2 Å². The van der Waals surface area contributed by atoms with Crippen molar-refractivity contribution in [1.82, 2.24) is 8.97 Å². The lowest BCUT2D eigenvalue weighted by Gasteiger charge is -2.10. The van der Waals surface area contributed by atoms with Crippen molar-refractivity contribution in [2.75, 3.05) is 5.32 Å². The molecule has 1 aliphatic heterocycles. The molecule has 6 rings (SSSR count). The molecule has 0 spiro atoms. The van der Waals surface area contributed by atoms with Gasteiger partial charge in [-0.1, -0.05) is 41.4 Å². The van der Waals surface area contributed by atoms with Gasteiger partial charge in [0.2, 0.25) is 0 Å². The molecule has 0 saturated heterocycles. The van der Waals surface area contributed by atoms with E-state index in [9.17, 15) is 9.18 Å². The Bertz CT molecular complexity index is 1600. The predicted molar refractivity (Wildman–Crippen MR) is 144 cm³/mol. The van der Waals surface area contributed by atoms with Gasteiger partial charge in [-0.25, -0.2) is 4.39 Å². The fraction of sp³-hybridized carbons (Fsp3) is 0.138. The van der Waals surface area contributed by atoms with Crippen LogP contribution in [0.25, 0.3) is 28.0 Å². The van der Waals surface area contributed by atoms with E-state index in [0.717, 1.165) is 59.4 Å². The molecule has 0 fully saturated rings. The summed E-state index contributed by atoms with van der Waals surface area (Å²) in [6, 6.07) is 21.2. The van der Waals surface area contributed by atoms with Crippen molar-refractivity contribution in [1.29, 1.82) is 0 Å². The van der Waals surface area contributed by atoms with E-state index < -0.39 is 0 Å². The summed E-state index contributed by atoms with van der Waals surface area (Å²) in [6.45, 7) is 0.815. The minimum atomic E-state index is -0.278. The number of halogens is 3. The normalized spacial score (nSPS) is 13.1. The largest absolute Gasteiger partial charge is 0.325 e. The number of aromatic nitrogens is 2. The Morgan fingerprint density at radius 2 is 1.64 bits per heavy atom. The highest BCUT2D eigenvalue weighted by Gasteiger charge is 2.29. The van der Waals surface area contributed by atoms with Gasteiger partial charge in [0.05, 0.1) is 5.69 Å². The van der Waals surface area contributed by atoms with E-state index in [0.29, 0.717) is 21.4 Å². The van der Waals surface area contributed by atoms with Crippen LogP contribution < -0.4 is 5.32 Å². The summed E-state index contributed by atoms with van der Waals surface area (Å²) in [4.78, 5) is 13.9. The molecule has 1 amide bonds. The smallest absolute Gasteiger partial charge is 0.273 e. The van der Waals surface area contributed by atoms with E-state index in [1.807, 2.05) is 40.9 Å². The fourth-order valence-electron chi connectivity index (χ4n) is 5.14. The molecule has 2 aromatic heterocycles. The van der Waals surface area contributed by atoms with E-state index >= 15 is 0 Å². The Kier molecular flexibility index (Phi) is 5.82. The van der Waals surface area contributed by atoms with Crippen molar-refractivity contribution in [3.05, 3.63) is 106 Å². The molecule has 0 atom stereocenters. The predicted octanol–water partition coefficient (Wildman–Crippen LogP) is 8.11. The zero-order valence-electron chi connectivity index (χ0n) is 19.3. The van der Waals surface area contributed by atoms with Crippen LogP contribution in [0.3, 0.4) is 0 Å². The summed E-state index contributed by atoms with van der Waals surface area (Å²) in [5.74, 6) is -0.507. The lowest BCUT2D eigenvalue weighted by atomic mass is 9.97. The van der Waals surface area contributed by atoms with Crippen molar-refractivity contribution in [2.24, 2.45) is 0 Å². The molecular formula is C29H22Cl2FN3O. The number of benzene rings is 3. The first-order valence-corrected chi connectivity index (χ1v) is 12.6. The van der Waals surface area contributed by atoms with Crippen LogP contribution in [0, 0.1) is 5.82 Å².